The number of rotatable bonds is 5. The molecule has 4 heteroatoms. The number of hydrogen-bond acceptors (Lipinski definition) is 4. The van der Waals surface area contributed by atoms with Gasteiger partial charge in [-0.1, -0.05) is 0 Å². The van der Waals surface area contributed by atoms with Crippen molar-refractivity contribution in [3.05, 3.63) is 48.3 Å². The van der Waals surface area contributed by atoms with Crippen molar-refractivity contribution in [2.75, 3.05) is 24.7 Å². The second-order valence-electron chi connectivity index (χ2n) is 4.03. The van der Waals surface area contributed by atoms with Crippen LogP contribution in [0.2, 0.25) is 0 Å². The zero-order valence-electron chi connectivity index (χ0n) is 10.4. The van der Waals surface area contributed by atoms with Crippen molar-refractivity contribution in [2.45, 2.75) is 6.42 Å². The Bertz CT molecular complexity index is 500. The van der Waals surface area contributed by atoms with E-state index in [-0.39, 0.29) is 0 Å². The third-order valence-electron chi connectivity index (χ3n) is 2.66. The van der Waals surface area contributed by atoms with Crippen LogP contribution in [0, 0.1) is 0 Å². The summed E-state index contributed by atoms with van der Waals surface area (Å²) in [5.74, 6) is 0.765. The van der Waals surface area contributed by atoms with Gasteiger partial charge in [-0.05, 0) is 30.2 Å². The fourth-order valence-corrected chi connectivity index (χ4v) is 1.74. The van der Waals surface area contributed by atoms with Gasteiger partial charge in [0.25, 0.3) is 0 Å². The van der Waals surface area contributed by atoms with Crippen LogP contribution in [-0.2, 0) is 6.42 Å². The average Bonchev–Trinajstić information content (AvgIpc) is 2.39. The van der Waals surface area contributed by atoms with Gasteiger partial charge in [-0.15, -0.1) is 0 Å². The van der Waals surface area contributed by atoms with E-state index >= 15 is 0 Å². The minimum atomic E-state index is 0.695. The van der Waals surface area contributed by atoms with Gasteiger partial charge in [0.05, 0.1) is 7.11 Å². The third-order valence-corrected chi connectivity index (χ3v) is 2.66. The highest BCUT2D eigenvalue weighted by molar-refractivity contribution is 5.59. The molecule has 0 atom stereocenters. The van der Waals surface area contributed by atoms with Crippen LogP contribution < -0.4 is 15.8 Å². The van der Waals surface area contributed by atoms with Gasteiger partial charge in [-0.2, -0.15) is 0 Å². The van der Waals surface area contributed by atoms with Crippen LogP contribution in [-0.4, -0.2) is 18.6 Å². The van der Waals surface area contributed by atoms with E-state index in [0.29, 0.717) is 5.69 Å². The molecule has 1 heterocycles. The maximum Gasteiger partial charge on any atom is 0.122 e. The maximum atomic E-state index is 5.79. The lowest BCUT2D eigenvalue weighted by Gasteiger charge is -2.09. The van der Waals surface area contributed by atoms with Gasteiger partial charge in [-0.25, -0.2) is 0 Å². The molecule has 1 aromatic heterocycles. The van der Waals surface area contributed by atoms with Crippen LogP contribution >= 0.6 is 0 Å². The molecule has 0 fully saturated rings. The Morgan fingerprint density at radius 2 is 2.00 bits per heavy atom. The summed E-state index contributed by atoms with van der Waals surface area (Å²) in [6.45, 7) is 0.844. The topological polar surface area (TPSA) is 60.2 Å². The number of nitrogens with one attached hydrogen (secondary N) is 1. The van der Waals surface area contributed by atoms with E-state index in [1.165, 1.54) is 5.56 Å². The number of methoxy groups -OCH3 is 1. The Balaban J connectivity index is 1.92. The van der Waals surface area contributed by atoms with Gasteiger partial charge in [0.2, 0.25) is 0 Å². The highest BCUT2D eigenvalue weighted by Crippen LogP contribution is 2.22. The number of hydrogen-bond donors (Lipinski definition) is 2. The standard InChI is InChI=1S/C14H17N3O/c1-18-14-9-12(15)8-13(10-14)17-7-4-11-2-5-16-6-3-11/h2-3,5-6,8-10,17H,4,7,15H2,1H3. The lowest BCUT2D eigenvalue weighted by molar-refractivity contribution is 0.415. The summed E-state index contributed by atoms with van der Waals surface area (Å²) in [6.07, 6.45) is 4.55. The summed E-state index contributed by atoms with van der Waals surface area (Å²) in [6, 6.07) is 9.66. The second kappa shape index (κ2) is 5.91. The minimum absolute atomic E-state index is 0.695. The van der Waals surface area contributed by atoms with Gasteiger partial charge in [-0.3, -0.25) is 4.98 Å². The van der Waals surface area contributed by atoms with Gasteiger partial charge in [0.1, 0.15) is 5.75 Å². The number of nitrogens with zero attached hydrogens (tertiary/aromatic N) is 1. The van der Waals surface area contributed by atoms with E-state index in [0.717, 1.165) is 24.4 Å². The molecule has 0 amide bonds. The molecule has 2 aromatic rings. The first-order chi connectivity index (χ1) is 8.78. The van der Waals surface area contributed by atoms with Crippen molar-refractivity contribution in [1.29, 1.82) is 0 Å². The fraction of sp³-hybridized carbons (Fsp3) is 0.214. The Hall–Kier alpha value is -2.23. The predicted octanol–water partition coefficient (Wildman–Crippen LogP) is 2.33. The summed E-state index contributed by atoms with van der Waals surface area (Å²) in [5, 5.41) is 3.33. The summed E-state index contributed by atoms with van der Waals surface area (Å²) in [5.41, 5.74) is 8.72. The van der Waals surface area contributed by atoms with Gasteiger partial charge < -0.3 is 15.8 Å². The van der Waals surface area contributed by atoms with E-state index in [9.17, 15) is 0 Å². The van der Waals surface area contributed by atoms with Gasteiger partial charge >= 0.3 is 0 Å². The molecule has 0 radical (unpaired) electrons. The molecule has 0 aliphatic rings. The van der Waals surface area contributed by atoms with Crippen molar-refractivity contribution < 1.29 is 4.74 Å². The van der Waals surface area contributed by atoms with E-state index < -0.39 is 0 Å². The average molecular weight is 243 g/mol. The quantitative estimate of drug-likeness (QED) is 0.791. The Kier molecular flexibility index (Phi) is 4.02. The molecule has 0 spiro atoms. The minimum Gasteiger partial charge on any atom is -0.497 e. The molecule has 0 aliphatic heterocycles. The van der Waals surface area contributed by atoms with Crippen molar-refractivity contribution in [2.24, 2.45) is 0 Å². The molecule has 0 saturated heterocycles. The zero-order valence-corrected chi connectivity index (χ0v) is 10.4. The molecule has 0 bridgehead atoms. The molecule has 2 rings (SSSR count). The first kappa shape index (κ1) is 12.2. The van der Waals surface area contributed by atoms with E-state index in [1.54, 1.807) is 25.6 Å². The van der Waals surface area contributed by atoms with Crippen molar-refractivity contribution in [1.82, 2.24) is 4.98 Å². The number of aromatic nitrogens is 1. The Morgan fingerprint density at radius 1 is 1.22 bits per heavy atom. The lowest BCUT2D eigenvalue weighted by Crippen LogP contribution is -2.05. The third kappa shape index (κ3) is 3.38. The first-order valence-corrected chi connectivity index (χ1v) is 5.85. The molecule has 0 aliphatic carbocycles. The van der Waals surface area contributed by atoms with Crippen LogP contribution in [0.3, 0.4) is 0 Å². The molecular weight excluding hydrogens is 226 g/mol. The van der Waals surface area contributed by atoms with E-state index in [2.05, 4.69) is 10.3 Å². The summed E-state index contributed by atoms with van der Waals surface area (Å²) >= 11 is 0. The lowest BCUT2D eigenvalue weighted by atomic mass is 10.2. The number of nitrogen functional groups attached to an aromatic ring is 1. The Labute approximate surface area is 107 Å². The molecule has 4 nitrogen and oxygen atoms in total. The van der Waals surface area contributed by atoms with Crippen molar-refractivity contribution in [3.8, 4) is 5.75 Å². The van der Waals surface area contributed by atoms with Crippen LogP contribution in [0.25, 0.3) is 0 Å². The van der Waals surface area contributed by atoms with Crippen LogP contribution in [0.5, 0.6) is 5.75 Å². The van der Waals surface area contributed by atoms with Crippen molar-refractivity contribution in [3.63, 3.8) is 0 Å². The molecule has 3 N–H and O–H groups in total. The van der Waals surface area contributed by atoms with Crippen LogP contribution in [0.4, 0.5) is 11.4 Å². The zero-order chi connectivity index (χ0) is 12.8. The van der Waals surface area contributed by atoms with Crippen molar-refractivity contribution >= 4 is 11.4 Å². The molecule has 0 saturated carbocycles. The van der Waals surface area contributed by atoms with Crippen LogP contribution in [0.1, 0.15) is 5.56 Å². The number of anilines is 2. The Morgan fingerprint density at radius 3 is 2.72 bits per heavy atom. The normalized spacial score (nSPS) is 10.1. The summed E-state index contributed by atoms with van der Waals surface area (Å²) in [7, 11) is 1.63. The van der Waals surface area contributed by atoms with Gasteiger partial charge in [0, 0.05) is 42.4 Å². The maximum absolute atomic E-state index is 5.79. The fourth-order valence-electron chi connectivity index (χ4n) is 1.74. The summed E-state index contributed by atoms with van der Waals surface area (Å²) in [4.78, 5) is 3.99. The molecular formula is C14H17N3O. The number of pyridine rings is 1. The first-order valence-electron chi connectivity index (χ1n) is 5.85. The van der Waals surface area contributed by atoms with Gasteiger partial charge in [0.15, 0.2) is 0 Å². The smallest absolute Gasteiger partial charge is 0.122 e. The molecule has 0 unspecified atom stereocenters. The van der Waals surface area contributed by atoms with Crippen LogP contribution in [0.15, 0.2) is 42.7 Å². The second-order valence-corrected chi connectivity index (χ2v) is 4.03. The predicted molar refractivity (Wildman–Crippen MR) is 73.8 cm³/mol. The molecule has 18 heavy (non-hydrogen) atoms. The highest BCUT2D eigenvalue weighted by atomic mass is 16.5. The monoisotopic (exact) mass is 243 g/mol. The molecule has 94 valence electrons. The van der Waals surface area contributed by atoms with E-state index in [4.69, 9.17) is 10.5 Å². The summed E-state index contributed by atoms with van der Waals surface area (Å²) < 4.78 is 5.17. The number of ether oxygens (including phenoxy) is 1. The highest BCUT2D eigenvalue weighted by Gasteiger charge is 1.99. The molecule has 1 aromatic carbocycles. The largest absolute Gasteiger partial charge is 0.497 e. The number of nitrogens with two attached hydrogens (primary N) is 1. The SMILES string of the molecule is COc1cc(N)cc(NCCc2ccncc2)c1. The van der Waals surface area contributed by atoms with E-state index in [1.807, 2.05) is 24.3 Å². The number of benzene rings is 1.